The highest BCUT2D eigenvalue weighted by molar-refractivity contribution is 5.78. The first-order valence-electron chi connectivity index (χ1n) is 7.93. The van der Waals surface area contributed by atoms with E-state index in [1.807, 2.05) is 18.7 Å². The standard InChI is InChI=1S/C15H27N3O2/c1-12-7-18(8-13(2)20-12)14(19)9-17-6-4-15(11-17)3-5-16-10-15/h12-13,16H,3-11H2,1-2H3. The van der Waals surface area contributed by atoms with Gasteiger partial charge in [0.2, 0.25) is 5.91 Å². The van der Waals surface area contributed by atoms with Crippen LogP contribution in [-0.4, -0.2) is 73.7 Å². The summed E-state index contributed by atoms with van der Waals surface area (Å²) < 4.78 is 5.70. The third kappa shape index (κ3) is 3.00. The topological polar surface area (TPSA) is 44.8 Å². The van der Waals surface area contributed by atoms with E-state index in [4.69, 9.17) is 4.74 Å². The Morgan fingerprint density at radius 1 is 1.30 bits per heavy atom. The van der Waals surface area contributed by atoms with Crippen LogP contribution < -0.4 is 5.32 Å². The molecule has 3 saturated heterocycles. The fourth-order valence-corrected chi connectivity index (χ4v) is 3.98. The molecular formula is C15H27N3O2. The van der Waals surface area contributed by atoms with Gasteiger partial charge >= 0.3 is 0 Å². The van der Waals surface area contributed by atoms with Gasteiger partial charge in [0.25, 0.3) is 0 Å². The second-order valence-corrected chi connectivity index (χ2v) is 6.94. The van der Waals surface area contributed by atoms with Crippen LogP contribution in [-0.2, 0) is 9.53 Å². The van der Waals surface area contributed by atoms with E-state index in [-0.39, 0.29) is 18.1 Å². The Labute approximate surface area is 121 Å². The molecule has 1 amide bonds. The molecule has 0 aromatic carbocycles. The van der Waals surface area contributed by atoms with Crippen molar-refractivity contribution in [1.29, 1.82) is 0 Å². The number of carbonyl (C=O) groups excluding carboxylic acids is 1. The van der Waals surface area contributed by atoms with E-state index in [2.05, 4.69) is 10.2 Å². The van der Waals surface area contributed by atoms with Gasteiger partial charge in [-0.05, 0) is 45.2 Å². The van der Waals surface area contributed by atoms with Crippen molar-refractivity contribution >= 4 is 5.91 Å². The minimum absolute atomic E-state index is 0.159. The van der Waals surface area contributed by atoms with Crippen LogP contribution in [0.4, 0.5) is 0 Å². The SMILES string of the molecule is CC1CN(C(=O)CN2CCC3(CCNC3)C2)CC(C)O1. The van der Waals surface area contributed by atoms with Crippen molar-refractivity contribution in [1.82, 2.24) is 15.1 Å². The average molecular weight is 281 g/mol. The Bertz CT molecular complexity index is 358. The van der Waals surface area contributed by atoms with Gasteiger partial charge in [0.05, 0.1) is 18.8 Å². The second kappa shape index (κ2) is 5.62. The number of hydrogen-bond acceptors (Lipinski definition) is 4. The Morgan fingerprint density at radius 2 is 2.05 bits per heavy atom. The zero-order chi connectivity index (χ0) is 14.2. The Kier molecular flexibility index (Phi) is 4.02. The van der Waals surface area contributed by atoms with Crippen LogP contribution in [0.15, 0.2) is 0 Å². The summed E-state index contributed by atoms with van der Waals surface area (Å²) >= 11 is 0. The molecule has 0 aromatic rings. The maximum absolute atomic E-state index is 12.5. The van der Waals surface area contributed by atoms with Gasteiger partial charge in [-0.3, -0.25) is 9.69 Å². The van der Waals surface area contributed by atoms with Crippen molar-refractivity contribution in [2.45, 2.75) is 38.9 Å². The number of ether oxygens (including phenoxy) is 1. The van der Waals surface area contributed by atoms with Gasteiger partial charge in [0.1, 0.15) is 0 Å². The summed E-state index contributed by atoms with van der Waals surface area (Å²) in [6.07, 6.45) is 2.82. The van der Waals surface area contributed by atoms with Crippen molar-refractivity contribution in [3.63, 3.8) is 0 Å². The normalized spacial score (nSPS) is 38.8. The number of nitrogens with zero attached hydrogens (tertiary/aromatic N) is 2. The fourth-order valence-electron chi connectivity index (χ4n) is 3.98. The van der Waals surface area contributed by atoms with Crippen LogP contribution in [0.3, 0.4) is 0 Å². The van der Waals surface area contributed by atoms with Crippen molar-refractivity contribution in [2.75, 3.05) is 45.8 Å². The van der Waals surface area contributed by atoms with E-state index < -0.39 is 0 Å². The van der Waals surface area contributed by atoms with Gasteiger partial charge in [-0.2, -0.15) is 0 Å². The minimum Gasteiger partial charge on any atom is -0.372 e. The van der Waals surface area contributed by atoms with Crippen LogP contribution in [0.5, 0.6) is 0 Å². The molecule has 114 valence electrons. The van der Waals surface area contributed by atoms with Gasteiger partial charge in [-0.25, -0.2) is 0 Å². The molecule has 0 saturated carbocycles. The third-order valence-electron chi connectivity index (χ3n) is 4.98. The number of hydrogen-bond donors (Lipinski definition) is 1. The maximum atomic E-state index is 12.5. The fraction of sp³-hybridized carbons (Fsp3) is 0.933. The number of rotatable bonds is 2. The van der Waals surface area contributed by atoms with E-state index >= 15 is 0 Å². The monoisotopic (exact) mass is 281 g/mol. The van der Waals surface area contributed by atoms with Crippen molar-refractivity contribution in [3.05, 3.63) is 0 Å². The first-order valence-corrected chi connectivity index (χ1v) is 7.93. The largest absolute Gasteiger partial charge is 0.372 e. The summed E-state index contributed by atoms with van der Waals surface area (Å²) in [4.78, 5) is 16.8. The zero-order valence-electron chi connectivity index (χ0n) is 12.7. The summed E-state index contributed by atoms with van der Waals surface area (Å²) in [5.41, 5.74) is 0.450. The molecule has 3 rings (SSSR count). The lowest BCUT2D eigenvalue weighted by Crippen LogP contribution is -2.51. The molecule has 1 N–H and O–H groups in total. The number of carbonyl (C=O) groups is 1. The number of likely N-dealkylation sites (tertiary alicyclic amines) is 1. The number of morpholine rings is 1. The lowest BCUT2D eigenvalue weighted by Gasteiger charge is -2.36. The second-order valence-electron chi connectivity index (χ2n) is 6.94. The molecule has 3 fully saturated rings. The maximum Gasteiger partial charge on any atom is 0.236 e. The molecule has 0 aromatic heterocycles. The van der Waals surface area contributed by atoms with Crippen LogP contribution in [0, 0.1) is 5.41 Å². The summed E-state index contributed by atoms with van der Waals surface area (Å²) in [6.45, 7) is 10.6. The van der Waals surface area contributed by atoms with Crippen LogP contribution in [0.2, 0.25) is 0 Å². The van der Waals surface area contributed by atoms with E-state index in [0.717, 1.165) is 39.3 Å². The Hall–Kier alpha value is -0.650. The summed E-state index contributed by atoms with van der Waals surface area (Å²) in [6, 6.07) is 0. The minimum atomic E-state index is 0.159. The van der Waals surface area contributed by atoms with Crippen LogP contribution >= 0.6 is 0 Å². The molecule has 3 unspecified atom stereocenters. The van der Waals surface area contributed by atoms with Crippen molar-refractivity contribution < 1.29 is 9.53 Å². The van der Waals surface area contributed by atoms with E-state index in [9.17, 15) is 4.79 Å². The first-order chi connectivity index (χ1) is 9.56. The zero-order valence-corrected chi connectivity index (χ0v) is 12.7. The van der Waals surface area contributed by atoms with Gasteiger partial charge in [-0.1, -0.05) is 0 Å². The highest BCUT2D eigenvalue weighted by Gasteiger charge is 2.41. The Morgan fingerprint density at radius 3 is 2.70 bits per heavy atom. The quantitative estimate of drug-likeness (QED) is 0.791. The van der Waals surface area contributed by atoms with Crippen LogP contribution in [0.25, 0.3) is 0 Å². The van der Waals surface area contributed by atoms with Crippen molar-refractivity contribution in [3.8, 4) is 0 Å². The molecule has 3 aliphatic rings. The average Bonchev–Trinajstić information content (AvgIpc) is 2.99. The van der Waals surface area contributed by atoms with Crippen molar-refractivity contribution in [2.24, 2.45) is 5.41 Å². The predicted octanol–water partition coefficient (Wildman–Crippen LogP) is 0.308. The van der Waals surface area contributed by atoms with E-state index in [0.29, 0.717) is 12.0 Å². The molecule has 0 radical (unpaired) electrons. The molecule has 1 spiro atoms. The summed E-state index contributed by atoms with van der Waals surface area (Å²) in [5, 5.41) is 3.47. The molecule has 3 atom stereocenters. The molecule has 20 heavy (non-hydrogen) atoms. The van der Waals surface area contributed by atoms with Crippen LogP contribution in [0.1, 0.15) is 26.7 Å². The highest BCUT2D eigenvalue weighted by atomic mass is 16.5. The van der Waals surface area contributed by atoms with Gasteiger partial charge in [0.15, 0.2) is 0 Å². The van der Waals surface area contributed by atoms with Gasteiger partial charge in [0, 0.05) is 26.2 Å². The van der Waals surface area contributed by atoms with Gasteiger partial charge in [-0.15, -0.1) is 0 Å². The third-order valence-corrected chi connectivity index (χ3v) is 4.98. The molecule has 3 aliphatic heterocycles. The number of amides is 1. The number of nitrogens with one attached hydrogen (secondary N) is 1. The van der Waals surface area contributed by atoms with Gasteiger partial charge < -0.3 is 15.0 Å². The summed E-state index contributed by atoms with van der Waals surface area (Å²) in [7, 11) is 0. The lowest BCUT2D eigenvalue weighted by atomic mass is 9.87. The smallest absolute Gasteiger partial charge is 0.236 e. The molecule has 3 heterocycles. The highest BCUT2D eigenvalue weighted by Crippen LogP contribution is 2.35. The molecule has 0 bridgehead atoms. The Balaban J connectivity index is 1.52. The lowest BCUT2D eigenvalue weighted by molar-refractivity contribution is -0.144. The molecular weight excluding hydrogens is 254 g/mol. The summed E-state index contributed by atoms with van der Waals surface area (Å²) in [5.74, 6) is 0.273. The van der Waals surface area contributed by atoms with E-state index in [1.54, 1.807) is 0 Å². The molecule has 0 aliphatic carbocycles. The predicted molar refractivity (Wildman–Crippen MR) is 77.6 cm³/mol. The van der Waals surface area contributed by atoms with E-state index in [1.165, 1.54) is 12.8 Å². The first kappa shape index (κ1) is 14.3. The molecule has 5 heteroatoms. The molecule has 5 nitrogen and oxygen atoms in total.